The van der Waals surface area contributed by atoms with Gasteiger partial charge >= 0.3 is 0 Å². The van der Waals surface area contributed by atoms with Gasteiger partial charge in [0.2, 0.25) is 0 Å². The molecule has 1 aliphatic rings. The Morgan fingerprint density at radius 2 is 1.19 bits per heavy atom. The summed E-state index contributed by atoms with van der Waals surface area (Å²) in [6, 6.07) is 23.0. The molecule has 0 aliphatic heterocycles. The van der Waals surface area contributed by atoms with E-state index in [1.807, 2.05) is 0 Å². The summed E-state index contributed by atoms with van der Waals surface area (Å²) in [4.78, 5) is 0. The first-order valence-corrected chi connectivity index (χ1v) is 9.04. The van der Waals surface area contributed by atoms with Crippen LogP contribution in [0, 0.1) is 0 Å². The maximum Gasteiger partial charge on any atom is 0.138 e. The Balaban J connectivity index is 2.15. The fourth-order valence-electron chi connectivity index (χ4n) is 3.46. The van der Waals surface area contributed by atoms with Gasteiger partial charge in [-0.1, -0.05) is 50.0 Å². The first-order chi connectivity index (χ1) is 10.2. The van der Waals surface area contributed by atoms with E-state index >= 15 is 0 Å². The molecule has 2 aromatic carbocycles. The van der Waals surface area contributed by atoms with Crippen molar-refractivity contribution in [1.29, 1.82) is 0 Å². The van der Waals surface area contributed by atoms with Gasteiger partial charge in [0.1, 0.15) is 7.57 Å². The predicted molar refractivity (Wildman–Crippen MR) is 101 cm³/mol. The minimum atomic E-state index is -1.11. The summed E-state index contributed by atoms with van der Waals surface area (Å²) in [5, 5.41) is 3.93. The van der Waals surface area contributed by atoms with Gasteiger partial charge in [-0.15, -0.1) is 0 Å². The number of rotatable bonds is 3. The molecule has 1 saturated carbocycles. The second-order valence-corrected chi connectivity index (χ2v) is 8.85. The summed E-state index contributed by atoms with van der Waals surface area (Å²) < 4.78 is 0. The first kappa shape index (κ1) is 14.9. The van der Waals surface area contributed by atoms with Gasteiger partial charge in [0.25, 0.3) is 0 Å². The zero-order chi connectivity index (χ0) is 14.8. The van der Waals surface area contributed by atoms with E-state index in [0.717, 1.165) is 0 Å². The summed E-state index contributed by atoms with van der Waals surface area (Å²) >= 11 is 0. The zero-order valence-corrected chi connectivity index (χ0v) is 13.2. The van der Waals surface area contributed by atoms with Crippen LogP contribution in [0.4, 0.5) is 0 Å². The Kier molecular flexibility index (Phi) is 4.22. The second-order valence-electron chi connectivity index (χ2n) is 6.06. The number of hydrogen-bond acceptors (Lipinski definition) is 0. The molecule has 0 spiro atoms. The monoisotopic (exact) mass is 296 g/mol. The SMILES string of the molecule is [BH3-][P+](c1ccccc1)(c1ccccc1)C1(C)CCCCC1. The van der Waals surface area contributed by atoms with E-state index < -0.39 is 7.14 Å². The maximum absolute atomic E-state index is 2.62. The van der Waals surface area contributed by atoms with E-state index in [9.17, 15) is 0 Å². The quantitative estimate of drug-likeness (QED) is 0.599. The van der Waals surface area contributed by atoms with Gasteiger partial charge < -0.3 is 0 Å². The van der Waals surface area contributed by atoms with Crippen LogP contribution in [0.1, 0.15) is 39.0 Å². The van der Waals surface area contributed by atoms with E-state index in [-0.39, 0.29) is 7.57 Å². The molecule has 2 aromatic rings. The highest BCUT2D eigenvalue weighted by atomic mass is 31.2. The molecule has 0 amide bonds. The Morgan fingerprint density at radius 1 is 0.762 bits per heavy atom. The lowest BCUT2D eigenvalue weighted by molar-refractivity contribution is 0.416. The van der Waals surface area contributed by atoms with Crippen molar-refractivity contribution < 1.29 is 0 Å². The smallest absolute Gasteiger partial charge is 0.0872 e. The highest BCUT2D eigenvalue weighted by Gasteiger charge is 2.48. The number of hydrogen-bond donors (Lipinski definition) is 0. The Morgan fingerprint density at radius 3 is 1.62 bits per heavy atom. The van der Waals surface area contributed by atoms with Gasteiger partial charge in [0, 0.05) is 5.16 Å². The van der Waals surface area contributed by atoms with Crippen LogP contribution in [0.3, 0.4) is 0 Å². The topological polar surface area (TPSA) is 0 Å². The van der Waals surface area contributed by atoms with Gasteiger partial charge in [-0.25, -0.2) is 0 Å². The molecule has 1 aliphatic carbocycles. The maximum atomic E-state index is 2.62. The van der Waals surface area contributed by atoms with Crippen LogP contribution < -0.4 is 10.6 Å². The van der Waals surface area contributed by atoms with Crippen LogP contribution >= 0.6 is 7.14 Å². The van der Waals surface area contributed by atoms with E-state index in [4.69, 9.17) is 0 Å². The Bertz CT molecular complexity index is 534. The van der Waals surface area contributed by atoms with Gasteiger partial charge in [-0.3, -0.25) is 0 Å². The number of benzene rings is 2. The highest BCUT2D eigenvalue weighted by Crippen LogP contribution is 2.67. The van der Waals surface area contributed by atoms with E-state index in [1.54, 1.807) is 10.6 Å². The van der Waals surface area contributed by atoms with Crippen molar-refractivity contribution in [3.05, 3.63) is 60.7 Å². The average molecular weight is 296 g/mol. The standard InChI is InChI=1S/C19H26BP/c1-19(15-9-4-10-16-19)21(20,17-11-5-2-6-12-17)18-13-7-3-8-14-18/h2-3,5-8,11-14H,4,9-10,15-16H2,1,20H3. The normalized spacial score (nSPS) is 18.4. The molecule has 0 saturated heterocycles. The lowest BCUT2D eigenvalue weighted by Crippen LogP contribution is -2.41. The molecular formula is C19H26BP. The largest absolute Gasteiger partial charge is 0.138 e. The van der Waals surface area contributed by atoms with Crippen molar-refractivity contribution in [2.75, 3.05) is 0 Å². The average Bonchev–Trinajstić information content (AvgIpc) is 2.56. The molecule has 2 heteroatoms. The van der Waals surface area contributed by atoms with Crippen LogP contribution in [0.2, 0.25) is 0 Å². The second kappa shape index (κ2) is 5.97. The summed E-state index contributed by atoms with van der Waals surface area (Å²) in [7, 11) is -0.883. The van der Waals surface area contributed by atoms with E-state index in [1.165, 1.54) is 32.1 Å². The fourth-order valence-corrected chi connectivity index (χ4v) is 6.71. The zero-order valence-electron chi connectivity index (χ0n) is 12.3. The first-order valence-electron chi connectivity index (χ1n) is 7.70. The molecule has 3 rings (SSSR count). The third-order valence-corrected chi connectivity index (χ3v) is 7.66. The predicted octanol–water partition coefficient (Wildman–Crippen LogP) is 3.66. The van der Waals surface area contributed by atoms with Gasteiger partial charge in [-0.2, -0.15) is 0 Å². The highest BCUT2D eigenvalue weighted by molar-refractivity contribution is 8.09. The van der Waals surface area contributed by atoms with Crippen molar-refractivity contribution in [2.24, 2.45) is 0 Å². The lowest BCUT2D eigenvalue weighted by atomic mass is 9.90. The van der Waals surface area contributed by atoms with Crippen molar-refractivity contribution >= 4 is 25.3 Å². The lowest BCUT2D eigenvalue weighted by Gasteiger charge is -2.48. The van der Waals surface area contributed by atoms with Crippen molar-refractivity contribution in [1.82, 2.24) is 0 Å². The minimum absolute atomic E-state index is 0.228. The van der Waals surface area contributed by atoms with Crippen molar-refractivity contribution in [2.45, 2.75) is 44.2 Å². The third kappa shape index (κ3) is 2.57. The molecule has 0 atom stereocenters. The van der Waals surface area contributed by atoms with Crippen molar-refractivity contribution in [3.8, 4) is 0 Å². The molecule has 1 fully saturated rings. The van der Waals surface area contributed by atoms with E-state index in [0.29, 0.717) is 5.16 Å². The Labute approximate surface area is 130 Å². The minimum Gasteiger partial charge on any atom is -0.0872 e. The van der Waals surface area contributed by atoms with Crippen LogP contribution in [-0.4, -0.2) is 12.7 Å². The van der Waals surface area contributed by atoms with Crippen LogP contribution in [-0.2, 0) is 0 Å². The van der Waals surface area contributed by atoms with Gasteiger partial charge in [0.05, 0.1) is 10.6 Å². The fraction of sp³-hybridized carbons (Fsp3) is 0.368. The van der Waals surface area contributed by atoms with Gasteiger partial charge in [0.15, 0.2) is 0 Å². The third-order valence-electron chi connectivity index (χ3n) is 4.50. The molecule has 0 bridgehead atoms. The molecule has 0 N–H and O–H groups in total. The molecule has 0 radical (unpaired) electrons. The molecule has 110 valence electrons. The van der Waals surface area contributed by atoms with Crippen LogP contribution in [0.25, 0.3) is 0 Å². The van der Waals surface area contributed by atoms with Crippen LogP contribution in [0.5, 0.6) is 0 Å². The van der Waals surface area contributed by atoms with Crippen molar-refractivity contribution in [3.63, 3.8) is 0 Å². The molecule has 0 unspecified atom stereocenters. The summed E-state index contributed by atoms with van der Waals surface area (Å²) in [6.45, 7) is 2.62. The molecule has 0 aromatic heterocycles. The summed E-state index contributed by atoms with van der Waals surface area (Å²) in [5.74, 6) is 0. The van der Waals surface area contributed by atoms with E-state index in [2.05, 4.69) is 67.6 Å². The molecular weight excluding hydrogens is 270 g/mol. The summed E-state index contributed by atoms with van der Waals surface area (Å²) in [6.07, 6.45) is 7.19. The Hall–Kier alpha value is -1.07. The molecule has 0 heterocycles. The van der Waals surface area contributed by atoms with Crippen LogP contribution in [0.15, 0.2) is 60.7 Å². The molecule has 0 nitrogen and oxygen atoms in total. The molecule has 21 heavy (non-hydrogen) atoms. The summed E-state index contributed by atoms with van der Waals surface area (Å²) in [5.41, 5.74) is 0. The van der Waals surface area contributed by atoms with Gasteiger partial charge in [-0.05, 0) is 56.9 Å².